The zero-order chi connectivity index (χ0) is 12.6. The minimum Gasteiger partial charge on any atom is -0.389 e. The SMILES string of the molecule is CC1CN(c2ccc(F)cc2[C@H](C)O)CC1C. The first-order valence-corrected chi connectivity index (χ1v) is 6.21. The molecule has 0 radical (unpaired) electrons. The lowest BCUT2D eigenvalue weighted by molar-refractivity contribution is 0.199. The zero-order valence-corrected chi connectivity index (χ0v) is 10.7. The Labute approximate surface area is 102 Å². The third-order valence-corrected chi connectivity index (χ3v) is 3.77. The topological polar surface area (TPSA) is 23.5 Å². The van der Waals surface area contributed by atoms with Crippen LogP contribution in [0, 0.1) is 17.7 Å². The van der Waals surface area contributed by atoms with E-state index in [0.717, 1.165) is 18.8 Å². The number of hydrogen-bond acceptors (Lipinski definition) is 2. The van der Waals surface area contributed by atoms with Gasteiger partial charge in [-0.15, -0.1) is 0 Å². The molecule has 1 heterocycles. The molecule has 2 rings (SSSR count). The van der Waals surface area contributed by atoms with E-state index in [4.69, 9.17) is 0 Å². The predicted molar refractivity (Wildman–Crippen MR) is 67.6 cm³/mol. The fraction of sp³-hybridized carbons (Fsp3) is 0.571. The first kappa shape index (κ1) is 12.4. The van der Waals surface area contributed by atoms with Crippen LogP contribution in [0.4, 0.5) is 10.1 Å². The summed E-state index contributed by atoms with van der Waals surface area (Å²) in [6.45, 7) is 8.10. The van der Waals surface area contributed by atoms with E-state index in [1.807, 2.05) is 0 Å². The molecule has 2 nitrogen and oxygen atoms in total. The monoisotopic (exact) mass is 237 g/mol. The van der Waals surface area contributed by atoms with E-state index >= 15 is 0 Å². The molecule has 0 aromatic heterocycles. The number of nitrogens with zero attached hydrogens (tertiary/aromatic N) is 1. The summed E-state index contributed by atoms with van der Waals surface area (Å²) >= 11 is 0. The van der Waals surface area contributed by atoms with E-state index in [1.54, 1.807) is 13.0 Å². The quantitative estimate of drug-likeness (QED) is 0.854. The van der Waals surface area contributed by atoms with Crippen LogP contribution in [0.2, 0.25) is 0 Å². The van der Waals surface area contributed by atoms with E-state index in [0.29, 0.717) is 17.4 Å². The molecule has 0 spiro atoms. The van der Waals surface area contributed by atoms with Gasteiger partial charge in [-0.2, -0.15) is 0 Å². The number of hydrogen-bond donors (Lipinski definition) is 1. The van der Waals surface area contributed by atoms with Crippen molar-refractivity contribution in [1.29, 1.82) is 0 Å². The van der Waals surface area contributed by atoms with Gasteiger partial charge in [0.1, 0.15) is 5.82 Å². The molecule has 1 aromatic rings. The normalized spacial score (nSPS) is 26.3. The van der Waals surface area contributed by atoms with Crippen molar-refractivity contribution in [1.82, 2.24) is 0 Å². The minimum atomic E-state index is -0.632. The van der Waals surface area contributed by atoms with Crippen molar-refractivity contribution in [3.63, 3.8) is 0 Å². The Bertz CT molecular complexity index is 395. The third kappa shape index (κ3) is 2.44. The average Bonchev–Trinajstić information content (AvgIpc) is 2.59. The van der Waals surface area contributed by atoms with Crippen LogP contribution in [0.1, 0.15) is 32.4 Å². The molecule has 0 aliphatic carbocycles. The van der Waals surface area contributed by atoms with E-state index in [-0.39, 0.29) is 5.82 Å². The lowest BCUT2D eigenvalue weighted by atomic mass is 10.0. The maximum Gasteiger partial charge on any atom is 0.123 e. The van der Waals surface area contributed by atoms with Gasteiger partial charge in [0.2, 0.25) is 0 Å². The third-order valence-electron chi connectivity index (χ3n) is 3.77. The highest BCUT2D eigenvalue weighted by molar-refractivity contribution is 5.55. The van der Waals surface area contributed by atoms with Crippen molar-refractivity contribution in [2.45, 2.75) is 26.9 Å². The van der Waals surface area contributed by atoms with Crippen molar-refractivity contribution in [2.24, 2.45) is 11.8 Å². The molecule has 1 aliphatic rings. The van der Waals surface area contributed by atoms with Crippen molar-refractivity contribution < 1.29 is 9.50 Å². The number of anilines is 1. The van der Waals surface area contributed by atoms with Crippen LogP contribution in [0.3, 0.4) is 0 Å². The summed E-state index contributed by atoms with van der Waals surface area (Å²) in [6, 6.07) is 4.69. The minimum absolute atomic E-state index is 0.287. The van der Waals surface area contributed by atoms with Gasteiger partial charge >= 0.3 is 0 Å². The molecule has 1 aliphatic heterocycles. The van der Waals surface area contributed by atoms with Gasteiger partial charge in [-0.05, 0) is 37.0 Å². The molecule has 0 amide bonds. The predicted octanol–water partition coefficient (Wildman–Crippen LogP) is 2.97. The molecular formula is C14H20FNO. The number of rotatable bonds is 2. The van der Waals surface area contributed by atoms with Crippen LogP contribution < -0.4 is 4.90 Å². The highest BCUT2D eigenvalue weighted by Crippen LogP contribution is 2.33. The van der Waals surface area contributed by atoms with Gasteiger partial charge in [0.15, 0.2) is 0 Å². The summed E-state index contributed by atoms with van der Waals surface area (Å²) in [5.74, 6) is 0.994. The Kier molecular flexibility index (Phi) is 3.38. The lowest BCUT2D eigenvalue weighted by Crippen LogP contribution is -2.21. The van der Waals surface area contributed by atoms with Gasteiger partial charge in [-0.25, -0.2) is 4.39 Å². The van der Waals surface area contributed by atoms with Crippen LogP contribution in [-0.2, 0) is 0 Å². The van der Waals surface area contributed by atoms with Crippen molar-refractivity contribution >= 4 is 5.69 Å². The summed E-state index contributed by atoms with van der Waals surface area (Å²) < 4.78 is 13.2. The molecule has 1 saturated heterocycles. The summed E-state index contributed by atoms with van der Waals surface area (Å²) in [5, 5.41) is 9.73. The van der Waals surface area contributed by atoms with Crippen molar-refractivity contribution in [3.8, 4) is 0 Å². The molecule has 3 heteroatoms. The molecule has 1 aromatic carbocycles. The summed E-state index contributed by atoms with van der Waals surface area (Å²) in [5.41, 5.74) is 1.66. The van der Waals surface area contributed by atoms with E-state index < -0.39 is 6.10 Å². The van der Waals surface area contributed by atoms with Crippen LogP contribution in [0.25, 0.3) is 0 Å². The van der Waals surface area contributed by atoms with Gasteiger partial charge in [-0.1, -0.05) is 13.8 Å². The highest BCUT2D eigenvalue weighted by atomic mass is 19.1. The molecule has 1 N–H and O–H groups in total. The fourth-order valence-corrected chi connectivity index (χ4v) is 2.47. The zero-order valence-electron chi connectivity index (χ0n) is 10.7. The van der Waals surface area contributed by atoms with Gasteiger partial charge < -0.3 is 10.0 Å². The standard InChI is InChI=1S/C14H20FNO/c1-9-7-16(8-10(9)2)14-5-4-12(15)6-13(14)11(3)17/h4-6,9-11,17H,7-8H2,1-3H3/t9?,10?,11-/m0/s1. The Morgan fingerprint density at radius 1 is 1.29 bits per heavy atom. The Morgan fingerprint density at radius 3 is 2.41 bits per heavy atom. The lowest BCUT2D eigenvalue weighted by Gasteiger charge is -2.23. The average molecular weight is 237 g/mol. The summed E-state index contributed by atoms with van der Waals surface area (Å²) in [7, 11) is 0. The van der Waals surface area contributed by atoms with Crippen molar-refractivity contribution in [2.75, 3.05) is 18.0 Å². The maximum absolute atomic E-state index is 13.2. The van der Waals surface area contributed by atoms with E-state index in [1.165, 1.54) is 12.1 Å². The second kappa shape index (κ2) is 4.65. The van der Waals surface area contributed by atoms with Gasteiger partial charge in [0.25, 0.3) is 0 Å². The van der Waals surface area contributed by atoms with Gasteiger partial charge in [-0.3, -0.25) is 0 Å². The first-order valence-electron chi connectivity index (χ1n) is 6.21. The van der Waals surface area contributed by atoms with Gasteiger partial charge in [0, 0.05) is 24.3 Å². The molecule has 2 unspecified atom stereocenters. The highest BCUT2D eigenvalue weighted by Gasteiger charge is 2.28. The number of aliphatic hydroxyl groups is 1. The molecule has 3 atom stereocenters. The Hall–Kier alpha value is -1.09. The van der Waals surface area contributed by atoms with E-state index in [9.17, 15) is 9.50 Å². The smallest absolute Gasteiger partial charge is 0.123 e. The Morgan fingerprint density at radius 2 is 1.88 bits per heavy atom. The van der Waals surface area contributed by atoms with E-state index in [2.05, 4.69) is 18.7 Å². The van der Waals surface area contributed by atoms with Crippen molar-refractivity contribution in [3.05, 3.63) is 29.6 Å². The number of aliphatic hydroxyl groups excluding tert-OH is 1. The second-order valence-corrected chi connectivity index (χ2v) is 5.24. The molecule has 94 valence electrons. The van der Waals surface area contributed by atoms with Crippen LogP contribution in [-0.4, -0.2) is 18.2 Å². The number of benzene rings is 1. The molecule has 0 saturated carbocycles. The molecule has 1 fully saturated rings. The largest absolute Gasteiger partial charge is 0.389 e. The number of halogens is 1. The molecule has 17 heavy (non-hydrogen) atoms. The van der Waals surface area contributed by atoms with Crippen LogP contribution >= 0.6 is 0 Å². The molecule has 0 bridgehead atoms. The van der Waals surface area contributed by atoms with Crippen LogP contribution in [0.5, 0.6) is 0 Å². The first-order chi connectivity index (χ1) is 7.99. The summed E-state index contributed by atoms with van der Waals surface area (Å²) in [6.07, 6.45) is -0.632. The fourth-order valence-electron chi connectivity index (χ4n) is 2.47. The van der Waals surface area contributed by atoms with Gasteiger partial charge in [0.05, 0.1) is 6.10 Å². The second-order valence-electron chi connectivity index (χ2n) is 5.24. The van der Waals surface area contributed by atoms with Crippen LogP contribution in [0.15, 0.2) is 18.2 Å². The maximum atomic E-state index is 13.2. The Balaban J connectivity index is 2.32. The summed E-state index contributed by atoms with van der Waals surface area (Å²) in [4.78, 5) is 2.25. The molecular weight excluding hydrogens is 217 g/mol.